The Morgan fingerprint density at radius 3 is 2.09 bits per heavy atom. The average Bonchev–Trinajstić information content (AvgIpc) is 2.53. The number of hydrogen-bond acceptors (Lipinski definition) is 2. The van der Waals surface area contributed by atoms with Crippen molar-refractivity contribution < 1.29 is 9.00 Å². The maximum Gasteiger partial charge on any atom is 0.251 e. The van der Waals surface area contributed by atoms with Crippen LogP contribution in [-0.4, -0.2) is 16.4 Å². The zero-order chi connectivity index (χ0) is 16.1. The average molecular weight is 315 g/mol. The summed E-state index contributed by atoms with van der Waals surface area (Å²) >= 11 is 0. The molecule has 0 aliphatic heterocycles. The summed E-state index contributed by atoms with van der Waals surface area (Å²) in [5.74, 6) is 0.171. The van der Waals surface area contributed by atoms with Crippen LogP contribution in [0.15, 0.2) is 59.5 Å². The molecule has 2 unspecified atom stereocenters. The maximum atomic E-state index is 12.4. The molecule has 3 nitrogen and oxygen atoms in total. The van der Waals surface area contributed by atoms with Gasteiger partial charge in [0.15, 0.2) is 0 Å². The van der Waals surface area contributed by atoms with Gasteiger partial charge in [-0.1, -0.05) is 44.2 Å². The Balaban J connectivity index is 2.16. The van der Waals surface area contributed by atoms with Gasteiger partial charge in [-0.05, 0) is 35.7 Å². The van der Waals surface area contributed by atoms with E-state index in [0.717, 1.165) is 10.5 Å². The topological polar surface area (TPSA) is 46.2 Å². The second kappa shape index (κ2) is 7.36. The third kappa shape index (κ3) is 4.04. The molecular weight excluding hydrogens is 294 g/mol. The Labute approximate surface area is 134 Å². The van der Waals surface area contributed by atoms with Crippen LogP contribution in [0.3, 0.4) is 0 Å². The number of hydrogen-bond donors (Lipinski definition) is 1. The van der Waals surface area contributed by atoms with E-state index in [2.05, 4.69) is 19.2 Å². The minimum Gasteiger partial charge on any atom is -0.345 e. The smallest absolute Gasteiger partial charge is 0.251 e. The Morgan fingerprint density at radius 2 is 1.59 bits per heavy atom. The molecule has 116 valence electrons. The third-order valence-electron chi connectivity index (χ3n) is 3.56. The number of carbonyl (C=O) groups excluding carboxylic acids is 1. The molecule has 0 aromatic heterocycles. The highest BCUT2D eigenvalue weighted by Gasteiger charge is 2.18. The molecule has 1 amide bonds. The lowest BCUT2D eigenvalue weighted by molar-refractivity contribution is 0.0925. The molecule has 0 heterocycles. The van der Waals surface area contributed by atoms with Crippen molar-refractivity contribution in [1.29, 1.82) is 0 Å². The number of amides is 1. The maximum absolute atomic E-state index is 12.4. The molecule has 2 atom stereocenters. The van der Waals surface area contributed by atoms with Gasteiger partial charge in [-0.3, -0.25) is 9.00 Å². The van der Waals surface area contributed by atoms with Crippen LogP contribution in [0.25, 0.3) is 0 Å². The first-order valence-corrected chi connectivity index (χ1v) is 8.84. The van der Waals surface area contributed by atoms with Crippen LogP contribution in [0.5, 0.6) is 0 Å². The molecule has 2 aromatic carbocycles. The number of benzene rings is 2. The largest absolute Gasteiger partial charge is 0.345 e. The summed E-state index contributed by atoms with van der Waals surface area (Å²) < 4.78 is 11.4. The first-order chi connectivity index (χ1) is 10.5. The molecular formula is C18H21NO2S. The van der Waals surface area contributed by atoms with Gasteiger partial charge in [0.05, 0.1) is 6.04 Å². The van der Waals surface area contributed by atoms with Gasteiger partial charge in [-0.25, -0.2) is 0 Å². The van der Waals surface area contributed by atoms with Crippen molar-refractivity contribution in [3.63, 3.8) is 0 Å². The lowest BCUT2D eigenvalue weighted by Crippen LogP contribution is -2.31. The van der Waals surface area contributed by atoms with E-state index in [0.29, 0.717) is 5.56 Å². The molecule has 2 aromatic rings. The van der Waals surface area contributed by atoms with Crippen LogP contribution in [0.1, 0.15) is 35.8 Å². The molecule has 22 heavy (non-hydrogen) atoms. The zero-order valence-electron chi connectivity index (χ0n) is 13.1. The number of nitrogens with one attached hydrogen (secondary N) is 1. The summed E-state index contributed by atoms with van der Waals surface area (Å²) in [4.78, 5) is 13.1. The monoisotopic (exact) mass is 315 g/mol. The highest BCUT2D eigenvalue weighted by atomic mass is 32.2. The van der Waals surface area contributed by atoms with Crippen molar-refractivity contribution in [2.75, 3.05) is 6.26 Å². The van der Waals surface area contributed by atoms with Crippen molar-refractivity contribution in [3.8, 4) is 0 Å². The van der Waals surface area contributed by atoms with Crippen molar-refractivity contribution in [1.82, 2.24) is 5.32 Å². The van der Waals surface area contributed by atoms with E-state index >= 15 is 0 Å². The normalized spacial score (nSPS) is 13.6. The summed E-state index contributed by atoms with van der Waals surface area (Å²) in [5.41, 5.74) is 1.67. The Hall–Kier alpha value is -1.94. The van der Waals surface area contributed by atoms with Crippen LogP contribution >= 0.6 is 0 Å². The van der Waals surface area contributed by atoms with Crippen LogP contribution in [0.4, 0.5) is 0 Å². The molecule has 0 saturated carbocycles. The second-order valence-corrected chi connectivity index (χ2v) is 6.96. The molecule has 2 rings (SSSR count). The fourth-order valence-corrected chi connectivity index (χ4v) is 2.84. The van der Waals surface area contributed by atoms with E-state index in [9.17, 15) is 9.00 Å². The molecule has 0 saturated heterocycles. The number of carbonyl (C=O) groups is 1. The first-order valence-electron chi connectivity index (χ1n) is 7.28. The molecule has 0 aliphatic rings. The molecule has 0 fully saturated rings. The summed E-state index contributed by atoms with van der Waals surface area (Å²) in [6.45, 7) is 4.17. The van der Waals surface area contributed by atoms with Crippen molar-refractivity contribution in [2.24, 2.45) is 5.92 Å². The summed E-state index contributed by atoms with van der Waals surface area (Å²) in [6, 6.07) is 16.8. The zero-order valence-corrected chi connectivity index (χ0v) is 13.9. The lowest BCUT2D eigenvalue weighted by atomic mass is 9.95. The van der Waals surface area contributed by atoms with Crippen molar-refractivity contribution >= 4 is 16.7 Å². The Bertz CT molecular complexity index is 651. The molecule has 0 aliphatic carbocycles. The molecule has 4 heteroatoms. The minimum atomic E-state index is -1.03. The molecule has 0 bridgehead atoms. The van der Waals surface area contributed by atoms with Crippen molar-refractivity contribution in [3.05, 3.63) is 65.7 Å². The minimum absolute atomic E-state index is 0.0336. The molecule has 1 N–H and O–H groups in total. The van der Waals surface area contributed by atoms with Gasteiger partial charge in [0.1, 0.15) is 0 Å². The highest BCUT2D eigenvalue weighted by molar-refractivity contribution is 7.84. The van der Waals surface area contributed by atoms with Gasteiger partial charge >= 0.3 is 0 Å². The molecule has 0 radical (unpaired) electrons. The van der Waals surface area contributed by atoms with E-state index in [4.69, 9.17) is 0 Å². The van der Waals surface area contributed by atoms with Gasteiger partial charge in [-0.15, -0.1) is 0 Å². The van der Waals surface area contributed by atoms with Crippen LogP contribution < -0.4 is 5.32 Å². The quantitative estimate of drug-likeness (QED) is 0.917. The predicted molar refractivity (Wildman–Crippen MR) is 90.3 cm³/mol. The Morgan fingerprint density at radius 1 is 1.00 bits per heavy atom. The summed E-state index contributed by atoms with van der Waals surface area (Å²) in [7, 11) is -1.03. The SMILES string of the molecule is CC(C)C(NC(=O)c1ccc(S(C)=O)cc1)c1ccccc1. The highest BCUT2D eigenvalue weighted by Crippen LogP contribution is 2.22. The fraction of sp³-hybridized carbons (Fsp3) is 0.278. The van der Waals surface area contributed by atoms with Gasteiger partial charge in [0.25, 0.3) is 5.91 Å². The van der Waals surface area contributed by atoms with Gasteiger partial charge in [-0.2, -0.15) is 0 Å². The van der Waals surface area contributed by atoms with E-state index in [1.54, 1.807) is 30.5 Å². The van der Waals surface area contributed by atoms with Crippen molar-refractivity contribution in [2.45, 2.75) is 24.8 Å². The summed E-state index contributed by atoms with van der Waals surface area (Å²) in [5, 5.41) is 3.08. The van der Waals surface area contributed by atoms with E-state index in [-0.39, 0.29) is 17.9 Å². The third-order valence-corrected chi connectivity index (χ3v) is 4.50. The van der Waals surface area contributed by atoms with E-state index in [1.807, 2.05) is 30.3 Å². The van der Waals surface area contributed by atoms with Gasteiger partial charge in [0, 0.05) is 27.5 Å². The molecule has 0 spiro atoms. The second-order valence-electron chi connectivity index (χ2n) is 5.58. The summed E-state index contributed by atoms with van der Waals surface area (Å²) in [6.07, 6.45) is 1.62. The van der Waals surface area contributed by atoms with E-state index in [1.165, 1.54) is 0 Å². The lowest BCUT2D eigenvalue weighted by Gasteiger charge is -2.23. The first kappa shape index (κ1) is 16.4. The standard InChI is InChI=1S/C18H21NO2S/c1-13(2)17(14-7-5-4-6-8-14)19-18(20)15-9-11-16(12-10-15)22(3)21/h4-13,17H,1-3H3,(H,19,20). The van der Waals surface area contributed by atoms with Gasteiger partial charge in [0.2, 0.25) is 0 Å². The van der Waals surface area contributed by atoms with E-state index < -0.39 is 10.8 Å². The van der Waals surface area contributed by atoms with Crippen LogP contribution in [0.2, 0.25) is 0 Å². The van der Waals surface area contributed by atoms with Gasteiger partial charge < -0.3 is 5.32 Å². The van der Waals surface area contributed by atoms with Crippen LogP contribution in [0, 0.1) is 5.92 Å². The Kier molecular flexibility index (Phi) is 5.50. The van der Waals surface area contributed by atoms with Crippen LogP contribution in [-0.2, 0) is 10.8 Å². The number of rotatable bonds is 5. The fourth-order valence-electron chi connectivity index (χ4n) is 2.32. The predicted octanol–water partition coefficient (Wildman–Crippen LogP) is 3.55.